The lowest BCUT2D eigenvalue weighted by molar-refractivity contribution is 0.237. The zero-order chi connectivity index (χ0) is 18.9. The van der Waals surface area contributed by atoms with Gasteiger partial charge in [-0.1, -0.05) is 42.8 Å². The van der Waals surface area contributed by atoms with E-state index < -0.39 is 0 Å². The van der Waals surface area contributed by atoms with E-state index in [1.54, 1.807) is 14.2 Å². The number of hydrogen-bond acceptors (Lipinski definition) is 3. The number of ether oxygens (including phenoxy) is 2. The molecule has 2 N–H and O–H groups in total. The number of benzene rings is 2. The second-order valence-electron chi connectivity index (χ2n) is 6.21. The van der Waals surface area contributed by atoms with E-state index in [2.05, 4.69) is 48.7 Å². The van der Waals surface area contributed by atoms with Crippen LogP contribution in [0.5, 0.6) is 11.5 Å². The topological polar surface area (TPSA) is 59.6 Å². The van der Waals surface area contributed by atoms with E-state index >= 15 is 0 Å². The standard InChI is InChI=1S/C21H28N2O3/c1-5-18(17-9-6-15(2)7-10-17)23-21(24)22-13-12-16-8-11-19(25-3)20(14-16)26-4/h6-11,14,18H,5,12-13H2,1-4H3,(H2,22,23,24). The molecule has 0 aromatic heterocycles. The Morgan fingerprint density at radius 3 is 2.35 bits per heavy atom. The van der Waals surface area contributed by atoms with Crippen LogP contribution < -0.4 is 20.1 Å². The summed E-state index contributed by atoms with van der Waals surface area (Å²) in [7, 11) is 3.23. The average Bonchev–Trinajstić information content (AvgIpc) is 2.66. The summed E-state index contributed by atoms with van der Waals surface area (Å²) in [5, 5.41) is 5.96. The molecular formula is C21H28N2O3. The van der Waals surface area contributed by atoms with Crippen LogP contribution in [0.1, 0.15) is 36.1 Å². The lowest BCUT2D eigenvalue weighted by Crippen LogP contribution is -2.38. The van der Waals surface area contributed by atoms with Crippen LogP contribution in [0.2, 0.25) is 0 Å². The Balaban J connectivity index is 1.85. The van der Waals surface area contributed by atoms with Crippen molar-refractivity contribution >= 4 is 6.03 Å². The fourth-order valence-corrected chi connectivity index (χ4v) is 2.79. The minimum atomic E-state index is -0.155. The molecule has 2 aromatic rings. The Bertz CT molecular complexity index is 714. The van der Waals surface area contributed by atoms with Crippen molar-refractivity contribution < 1.29 is 14.3 Å². The van der Waals surface area contributed by atoms with Gasteiger partial charge in [-0.3, -0.25) is 0 Å². The van der Waals surface area contributed by atoms with Crippen molar-refractivity contribution in [2.45, 2.75) is 32.7 Å². The predicted molar refractivity (Wildman–Crippen MR) is 104 cm³/mol. The van der Waals surface area contributed by atoms with E-state index in [-0.39, 0.29) is 12.1 Å². The number of nitrogens with one attached hydrogen (secondary N) is 2. The maximum absolute atomic E-state index is 12.2. The molecule has 0 fully saturated rings. The van der Waals surface area contributed by atoms with Gasteiger partial charge in [0.05, 0.1) is 20.3 Å². The SMILES string of the molecule is CCC(NC(=O)NCCc1ccc(OC)c(OC)c1)c1ccc(C)cc1. The van der Waals surface area contributed by atoms with Crippen LogP contribution in [0.3, 0.4) is 0 Å². The first-order valence-corrected chi connectivity index (χ1v) is 8.89. The van der Waals surface area contributed by atoms with Crippen LogP contribution in [-0.2, 0) is 6.42 Å². The maximum atomic E-state index is 12.2. The van der Waals surface area contributed by atoms with Crippen molar-refractivity contribution in [2.75, 3.05) is 20.8 Å². The largest absolute Gasteiger partial charge is 0.493 e. The van der Waals surface area contributed by atoms with Gasteiger partial charge in [0.1, 0.15) is 0 Å². The Hall–Kier alpha value is -2.69. The van der Waals surface area contributed by atoms with Gasteiger partial charge >= 0.3 is 6.03 Å². The van der Waals surface area contributed by atoms with E-state index in [9.17, 15) is 4.79 Å². The number of carbonyl (C=O) groups excluding carboxylic acids is 1. The molecule has 0 radical (unpaired) electrons. The number of carbonyl (C=O) groups is 1. The van der Waals surface area contributed by atoms with Crippen LogP contribution in [0.25, 0.3) is 0 Å². The van der Waals surface area contributed by atoms with Crippen molar-refractivity contribution in [1.29, 1.82) is 0 Å². The van der Waals surface area contributed by atoms with E-state index in [0.29, 0.717) is 18.0 Å². The third-order valence-corrected chi connectivity index (χ3v) is 4.34. The molecule has 5 heteroatoms. The number of hydrogen-bond donors (Lipinski definition) is 2. The number of amides is 2. The van der Waals surface area contributed by atoms with E-state index in [1.165, 1.54) is 5.56 Å². The quantitative estimate of drug-likeness (QED) is 0.751. The van der Waals surface area contributed by atoms with Crippen LogP contribution in [0.4, 0.5) is 4.79 Å². The van der Waals surface area contributed by atoms with Gasteiger partial charge in [-0.15, -0.1) is 0 Å². The summed E-state index contributed by atoms with van der Waals surface area (Å²) in [6.07, 6.45) is 1.56. The van der Waals surface area contributed by atoms with E-state index in [0.717, 1.165) is 24.0 Å². The third kappa shape index (κ3) is 5.41. The zero-order valence-electron chi connectivity index (χ0n) is 16.0. The molecule has 0 bridgehead atoms. The molecule has 2 aromatic carbocycles. The highest BCUT2D eigenvalue weighted by molar-refractivity contribution is 5.74. The Kier molecular flexibility index (Phi) is 7.33. The summed E-state index contributed by atoms with van der Waals surface area (Å²) in [5.74, 6) is 1.39. The monoisotopic (exact) mass is 356 g/mol. The second kappa shape index (κ2) is 9.70. The van der Waals surface area contributed by atoms with Gasteiger partial charge in [0.2, 0.25) is 0 Å². The van der Waals surface area contributed by atoms with Crippen molar-refractivity contribution in [3.63, 3.8) is 0 Å². The van der Waals surface area contributed by atoms with E-state index in [1.807, 2.05) is 18.2 Å². The molecule has 0 heterocycles. The first-order valence-electron chi connectivity index (χ1n) is 8.89. The second-order valence-corrected chi connectivity index (χ2v) is 6.21. The van der Waals surface area contributed by atoms with Gasteiger partial charge in [-0.05, 0) is 43.0 Å². The predicted octanol–water partition coefficient (Wildman–Crippen LogP) is 4.01. The molecule has 0 spiro atoms. The molecule has 1 atom stereocenters. The first-order chi connectivity index (χ1) is 12.6. The van der Waals surface area contributed by atoms with Gasteiger partial charge in [-0.25, -0.2) is 4.79 Å². The lowest BCUT2D eigenvalue weighted by atomic mass is 10.0. The summed E-state index contributed by atoms with van der Waals surface area (Å²) < 4.78 is 10.5. The fourth-order valence-electron chi connectivity index (χ4n) is 2.79. The molecule has 2 amide bonds. The molecule has 0 saturated carbocycles. The van der Waals surface area contributed by atoms with Gasteiger partial charge in [0.25, 0.3) is 0 Å². The smallest absolute Gasteiger partial charge is 0.315 e. The summed E-state index contributed by atoms with van der Waals surface area (Å²) in [6, 6.07) is 13.9. The summed E-state index contributed by atoms with van der Waals surface area (Å²) in [4.78, 5) is 12.2. The molecule has 140 valence electrons. The number of methoxy groups -OCH3 is 2. The average molecular weight is 356 g/mol. The zero-order valence-corrected chi connectivity index (χ0v) is 16.0. The normalized spacial score (nSPS) is 11.5. The minimum absolute atomic E-state index is 0.0108. The molecule has 2 rings (SSSR count). The third-order valence-electron chi connectivity index (χ3n) is 4.34. The van der Waals surface area contributed by atoms with Crippen molar-refractivity contribution in [3.8, 4) is 11.5 Å². The Morgan fingerprint density at radius 1 is 1.04 bits per heavy atom. The fraction of sp³-hybridized carbons (Fsp3) is 0.381. The number of aryl methyl sites for hydroxylation is 1. The highest BCUT2D eigenvalue weighted by atomic mass is 16.5. The minimum Gasteiger partial charge on any atom is -0.493 e. The number of urea groups is 1. The molecule has 1 unspecified atom stereocenters. The molecule has 0 aliphatic rings. The van der Waals surface area contributed by atoms with E-state index in [4.69, 9.17) is 9.47 Å². The van der Waals surface area contributed by atoms with Gasteiger partial charge < -0.3 is 20.1 Å². The van der Waals surface area contributed by atoms with Crippen molar-refractivity contribution in [3.05, 3.63) is 59.2 Å². The molecule has 26 heavy (non-hydrogen) atoms. The van der Waals surface area contributed by atoms with Crippen molar-refractivity contribution in [2.24, 2.45) is 0 Å². The first kappa shape index (κ1) is 19.6. The van der Waals surface area contributed by atoms with Gasteiger partial charge in [0, 0.05) is 6.54 Å². The van der Waals surface area contributed by atoms with Crippen LogP contribution in [0.15, 0.2) is 42.5 Å². The van der Waals surface area contributed by atoms with Gasteiger partial charge in [-0.2, -0.15) is 0 Å². The molecular weight excluding hydrogens is 328 g/mol. The van der Waals surface area contributed by atoms with Crippen molar-refractivity contribution in [1.82, 2.24) is 10.6 Å². The van der Waals surface area contributed by atoms with Crippen LogP contribution in [0, 0.1) is 6.92 Å². The molecule has 5 nitrogen and oxygen atoms in total. The Morgan fingerprint density at radius 2 is 1.73 bits per heavy atom. The number of rotatable bonds is 8. The molecule has 0 aliphatic carbocycles. The highest BCUT2D eigenvalue weighted by Crippen LogP contribution is 2.27. The highest BCUT2D eigenvalue weighted by Gasteiger charge is 2.12. The Labute approximate surface area is 155 Å². The van der Waals surface area contributed by atoms with Crippen LogP contribution >= 0.6 is 0 Å². The summed E-state index contributed by atoms with van der Waals surface area (Å²) in [6.45, 7) is 4.67. The summed E-state index contributed by atoms with van der Waals surface area (Å²) >= 11 is 0. The molecule has 0 aliphatic heterocycles. The van der Waals surface area contributed by atoms with Gasteiger partial charge in [0.15, 0.2) is 11.5 Å². The summed E-state index contributed by atoms with van der Waals surface area (Å²) in [5.41, 5.74) is 3.41. The lowest BCUT2D eigenvalue weighted by Gasteiger charge is -2.18. The van der Waals surface area contributed by atoms with Crippen LogP contribution in [-0.4, -0.2) is 26.8 Å². The maximum Gasteiger partial charge on any atom is 0.315 e. The molecule has 0 saturated heterocycles.